The Morgan fingerprint density at radius 3 is 2.67 bits per heavy atom. The highest BCUT2D eigenvalue weighted by Crippen LogP contribution is 1.96. The molecule has 0 unspecified atom stereocenters. The normalized spacial score (nSPS) is 9.75. The van der Waals surface area contributed by atoms with E-state index in [1.54, 1.807) is 0 Å². The van der Waals surface area contributed by atoms with Crippen LogP contribution in [0.5, 0.6) is 0 Å². The van der Waals surface area contributed by atoms with Gasteiger partial charge in [-0.05, 0) is 6.42 Å². The van der Waals surface area contributed by atoms with Crippen LogP contribution in [0.4, 0.5) is 5.95 Å². The van der Waals surface area contributed by atoms with Gasteiger partial charge in [-0.1, -0.05) is 19.8 Å². The largest absolute Gasteiger partial charge is 0.354 e. The van der Waals surface area contributed by atoms with E-state index in [4.69, 9.17) is 0 Å². The zero-order valence-corrected chi connectivity index (χ0v) is 7.32. The summed E-state index contributed by atoms with van der Waals surface area (Å²) in [6.45, 7) is 3.13. The molecule has 0 spiro atoms. The van der Waals surface area contributed by atoms with Crippen molar-refractivity contribution in [2.75, 3.05) is 11.9 Å². The van der Waals surface area contributed by atoms with Crippen LogP contribution in [0.2, 0.25) is 0 Å². The molecule has 0 aromatic carbocycles. The molecule has 1 aromatic rings. The van der Waals surface area contributed by atoms with Crippen LogP contribution in [0.1, 0.15) is 26.2 Å². The van der Waals surface area contributed by atoms with E-state index < -0.39 is 0 Å². The third-order valence-corrected chi connectivity index (χ3v) is 1.56. The fourth-order valence-corrected chi connectivity index (χ4v) is 0.906. The summed E-state index contributed by atoms with van der Waals surface area (Å²) in [7, 11) is 0. The lowest BCUT2D eigenvalue weighted by Crippen LogP contribution is -2.04. The van der Waals surface area contributed by atoms with Crippen molar-refractivity contribution in [2.24, 2.45) is 0 Å². The van der Waals surface area contributed by atoms with Crippen LogP contribution in [0.3, 0.4) is 0 Å². The second kappa shape index (κ2) is 5.46. The molecule has 4 heteroatoms. The molecular weight excluding hydrogens is 152 g/mol. The minimum atomic E-state index is 0.668. The molecule has 0 amide bonds. The molecule has 0 aliphatic rings. The number of aromatic nitrogens is 3. The van der Waals surface area contributed by atoms with E-state index in [0.29, 0.717) is 5.95 Å². The topological polar surface area (TPSA) is 50.7 Å². The fourth-order valence-electron chi connectivity index (χ4n) is 0.906. The fraction of sp³-hybridized carbons (Fsp3) is 0.625. The van der Waals surface area contributed by atoms with Gasteiger partial charge in [0.05, 0.1) is 0 Å². The summed E-state index contributed by atoms with van der Waals surface area (Å²) in [4.78, 5) is 11.6. The van der Waals surface area contributed by atoms with E-state index in [-0.39, 0.29) is 0 Å². The van der Waals surface area contributed by atoms with Crippen LogP contribution >= 0.6 is 0 Å². The van der Waals surface area contributed by atoms with Crippen molar-refractivity contribution >= 4 is 5.95 Å². The SMILES string of the molecule is CCCCCNc1ncncn1. The zero-order valence-electron chi connectivity index (χ0n) is 7.32. The van der Waals surface area contributed by atoms with Crippen molar-refractivity contribution in [1.29, 1.82) is 0 Å². The molecule has 0 saturated heterocycles. The third-order valence-electron chi connectivity index (χ3n) is 1.56. The maximum absolute atomic E-state index is 3.94. The summed E-state index contributed by atoms with van der Waals surface area (Å²) in [6, 6.07) is 0. The molecule has 0 aliphatic heterocycles. The minimum absolute atomic E-state index is 0.668. The van der Waals surface area contributed by atoms with Gasteiger partial charge in [-0.25, -0.2) is 15.0 Å². The van der Waals surface area contributed by atoms with Gasteiger partial charge in [0.1, 0.15) is 12.7 Å². The number of nitrogens with zero attached hydrogens (tertiary/aromatic N) is 3. The van der Waals surface area contributed by atoms with Gasteiger partial charge in [-0.2, -0.15) is 0 Å². The second-order valence-corrected chi connectivity index (χ2v) is 2.60. The van der Waals surface area contributed by atoms with Crippen LogP contribution in [-0.4, -0.2) is 21.5 Å². The van der Waals surface area contributed by atoms with Crippen molar-refractivity contribution in [3.63, 3.8) is 0 Å². The monoisotopic (exact) mass is 166 g/mol. The molecule has 0 atom stereocenters. The van der Waals surface area contributed by atoms with Crippen molar-refractivity contribution < 1.29 is 0 Å². The predicted molar refractivity (Wildman–Crippen MR) is 47.8 cm³/mol. The first kappa shape index (κ1) is 8.90. The Labute approximate surface area is 72.5 Å². The average Bonchev–Trinajstić information content (AvgIpc) is 2.14. The summed E-state index contributed by atoms with van der Waals surface area (Å²) in [6.07, 6.45) is 6.64. The van der Waals surface area contributed by atoms with E-state index in [9.17, 15) is 0 Å². The van der Waals surface area contributed by atoms with Crippen molar-refractivity contribution in [3.8, 4) is 0 Å². The van der Waals surface area contributed by atoms with E-state index in [0.717, 1.165) is 6.54 Å². The summed E-state index contributed by atoms with van der Waals surface area (Å²) >= 11 is 0. The standard InChI is InChI=1S/C8H14N4/c1-2-3-4-5-10-8-11-6-9-7-12-8/h6-7H,2-5H2,1H3,(H,9,10,11,12). The molecule has 4 nitrogen and oxygen atoms in total. The second-order valence-electron chi connectivity index (χ2n) is 2.60. The highest BCUT2D eigenvalue weighted by atomic mass is 15.1. The lowest BCUT2D eigenvalue weighted by atomic mass is 10.2. The van der Waals surface area contributed by atoms with E-state index in [1.165, 1.54) is 31.9 Å². The van der Waals surface area contributed by atoms with Crippen LogP contribution in [-0.2, 0) is 0 Å². The van der Waals surface area contributed by atoms with Gasteiger partial charge in [-0.15, -0.1) is 0 Å². The Hall–Kier alpha value is -1.19. The number of rotatable bonds is 5. The average molecular weight is 166 g/mol. The Morgan fingerprint density at radius 1 is 1.25 bits per heavy atom. The van der Waals surface area contributed by atoms with Crippen molar-refractivity contribution in [3.05, 3.63) is 12.7 Å². The van der Waals surface area contributed by atoms with Gasteiger partial charge in [0.25, 0.3) is 0 Å². The Kier molecular flexibility index (Phi) is 4.05. The molecule has 1 rings (SSSR count). The minimum Gasteiger partial charge on any atom is -0.354 e. The molecule has 0 bridgehead atoms. The van der Waals surface area contributed by atoms with Crippen LogP contribution in [0.15, 0.2) is 12.7 Å². The molecule has 0 radical (unpaired) electrons. The Balaban J connectivity index is 2.16. The van der Waals surface area contributed by atoms with Gasteiger partial charge in [0.15, 0.2) is 0 Å². The highest BCUT2D eigenvalue weighted by Gasteiger charge is 1.91. The molecule has 0 fully saturated rings. The summed E-state index contributed by atoms with van der Waals surface area (Å²) < 4.78 is 0. The molecule has 0 aliphatic carbocycles. The molecule has 1 aromatic heterocycles. The van der Waals surface area contributed by atoms with E-state index in [1.807, 2.05) is 0 Å². The summed E-state index contributed by atoms with van der Waals surface area (Å²) in [5.41, 5.74) is 0. The predicted octanol–water partition coefficient (Wildman–Crippen LogP) is 1.47. The first-order valence-corrected chi connectivity index (χ1v) is 4.29. The van der Waals surface area contributed by atoms with Gasteiger partial charge in [-0.3, -0.25) is 0 Å². The lowest BCUT2D eigenvalue weighted by molar-refractivity contribution is 0.740. The van der Waals surface area contributed by atoms with Gasteiger partial charge < -0.3 is 5.32 Å². The molecule has 12 heavy (non-hydrogen) atoms. The number of unbranched alkanes of at least 4 members (excludes halogenated alkanes) is 2. The zero-order chi connectivity index (χ0) is 8.65. The van der Waals surface area contributed by atoms with Gasteiger partial charge in [0, 0.05) is 6.54 Å². The molecule has 66 valence electrons. The Morgan fingerprint density at radius 2 is 2.00 bits per heavy atom. The molecule has 1 heterocycles. The summed E-state index contributed by atoms with van der Waals surface area (Å²) in [5.74, 6) is 0.668. The summed E-state index contributed by atoms with van der Waals surface area (Å²) in [5, 5.41) is 3.12. The molecule has 1 N–H and O–H groups in total. The number of anilines is 1. The smallest absolute Gasteiger partial charge is 0.225 e. The van der Waals surface area contributed by atoms with Crippen molar-refractivity contribution in [2.45, 2.75) is 26.2 Å². The number of hydrogen-bond acceptors (Lipinski definition) is 4. The number of hydrogen-bond donors (Lipinski definition) is 1. The van der Waals surface area contributed by atoms with Gasteiger partial charge >= 0.3 is 0 Å². The van der Waals surface area contributed by atoms with Crippen molar-refractivity contribution in [1.82, 2.24) is 15.0 Å². The van der Waals surface area contributed by atoms with Crippen LogP contribution in [0.25, 0.3) is 0 Å². The first-order valence-electron chi connectivity index (χ1n) is 4.29. The maximum Gasteiger partial charge on any atom is 0.225 e. The molecular formula is C8H14N4. The molecule has 0 saturated carbocycles. The Bertz CT molecular complexity index is 199. The van der Waals surface area contributed by atoms with E-state index in [2.05, 4.69) is 27.2 Å². The quantitative estimate of drug-likeness (QED) is 0.673. The van der Waals surface area contributed by atoms with Crippen LogP contribution in [0, 0.1) is 0 Å². The third kappa shape index (κ3) is 3.27. The van der Waals surface area contributed by atoms with Gasteiger partial charge in [0.2, 0.25) is 5.95 Å². The number of nitrogens with one attached hydrogen (secondary N) is 1. The maximum atomic E-state index is 3.94. The lowest BCUT2D eigenvalue weighted by Gasteiger charge is -2.01. The highest BCUT2D eigenvalue weighted by molar-refractivity contribution is 5.19. The first-order chi connectivity index (χ1) is 5.93. The van der Waals surface area contributed by atoms with Crippen LogP contribution < -0.4 is 5.32 Å². The van der Waals surface area contributed by atoms with E-state index >= 15 is 0 Å².